The molecule has 530 valence electrons. The number of imidazole rings is 1. The van der Waals surface area contributed by atoms with E-state index in [2.05, 4.69) is 27.9 Å². The SMILES string of the molecule is COc1ccc(C(OC[C@H]2OC[C@@H](n3cnc4c(N(C(=O)OCC5c6ccccc6-c6ccccc65)C(=O)OCC5c6ccccc6-c6ccccc65)ncnc43)[C@H](OC(=O)OCC3c4ccccc4-c4ccccc43)[C@@H]2OP(OCCC#N)N(C(C)C)C(C)C)(c2ccccc2)c2ccccc2)cc1. The Labute approximate surface area is 610 Å². The van der Waals surface area contributed by atoms with Crippen molar-refractivity contribution in [2.24, 2.45) is 0 Å². The summed E-state index contributed by atoms with van der Waals surface area (Å²) in [5.41, 5.74) is 13.2. The molecular weight excluding hydrogens is 1340 g/mol. The Bertz CT molecular complexity index is 4700. The number of methoxy groups -OCH3 is 1. The third kappa shape index (κ3) is 13.5. The van der Waals surface area contributed by atoms with Gasteiger partial charge in [0.15, 0.2) is 23.1 Å². The molecule has 0 spiro atoms. The summed E-state index contributed by atoms with van der Waals surface area (Å²) in [6.45, 7) is 7.38. The molecule has 0 bridgehead atoms. The highest BCUT2D eigenvalue weighted by Crippen LogP contribution is 2.53. The Hall–Kier alpha value is -10.9. The molecule has 5 atom stereocenters. The number of anilines is 1. The Morgan fingerprint density at radius 1 is 0.552 bits per heavy atom. The van der Waals surface area contributed by atoms with Gasteiger partial charge in [-0.1, -0.05) is 218 Å². The standard InChI is InChI=1S/C85H78N7O12P/c1-54(2)92(55(3)4)105(102-46-24-45-86)104-79-76(51-101-85(56-25-8-6-9-26-56,57-27-10-7-11-28-57)58-41-43-59(96-5)44-42-58)97-50-75(78(79)103-84(95)100-49-74-70-39-22-16-33-64(70)65-34-17-23-40-71(65)74)90-53-89-77-80(90)87-52-88-81(77)91(82(93)98-47-72-66-35-18-12-29-60(66)61-30-13-19-36-67(61)72)83(94)99-48-73-68-37-20-14-31-62(68)63-32-15-21-38-69(63)73/h6-23,25-44,52-55,72-76,78-79H,24,46-51H2,1-5H3/t75-,76-,78+,79-,105?/m1/s1. The number of benzene rings is 9. The van der Waals surface area contributed by atoms with Crippen LogP contribution in [0, 0.1) is 11.3 Å². The molecule has 3 heterocycles. The number of hydrogen-bond donors (Lipinski definition) is 0. The van der Waals surface area contributed by atoms with Gasteiger partial charge in [0.1, 0.15) is 49.7 Å². The minimum atomic E-state index is -2.14. The molecule has 1 fully saturated rings. The molecule has 1 unspecified atom stereocenters. The first-order valence-electron chi connectivity index (χ1n) is 35.4. The van der Waals surface area contributed by atoms with E-state index < -0.39 is 56.8 Å². The van der Waals surface area contributed by atoms with Crippen LogP contribution in [0.5, 0.6) is 5.75 Å². The van der Waals surface area contributed by atoms with Gasteiger partial charge in [-0.2, -0.15) is 10.2 Å². The van der Waals surface area contributed by atoms with Gasteiger partial charge >= 0.3 is 18.3 Å². The molecule has 11 aromatic rings. The number of amides is 2. The molecule has 3 aliphatic carbocycles. The molecule has 19 nitrogen and oxygen atoms in total. The number of ether oxygens (including phenoxy) is 7. The van der Waals surface area contributed by atoms with Gasteiger partial charge in [-0.15, -0.1) is 0 Å². The first-order valence-corrected chi connectivity index (χ1v) is 36.5. The van der Waals surface area contributed by atoms with E-state index in [4.69, 9.17) is 52.2 Å². The topological polar surface area (TPSA) is 208 Å². The maximum atomic E-state index is 15.4. The molecular formula is C85H78N7O12P. The summed E-state index contributed by atoms with van der Waals surface area (Å²) < 4.78 is 64.4. The highest BCUT2D eigenvalue weighted by atomic mass is 31.2. The van der Waals surface area contributed by atoms with Crippen LogP contribution in [0.15, 0.2) is 243 Å². The van der Waals surface area contributed by atoms with Gasteiger partial charge in [0.05, 0.1) is 51.8 Å². The van der Waals surface area contributed by atoms with Crippen LogP contribution < -0.4 is 9.64 Å². The van der Waals surface area contributed by atoms with E-state index in [-0.39, 0.29) is 92.9 Å². The normalized spacial score (nSPS) is 16.9. The van der Waals surface area contributed by atoms with E-state index in [1.54, 1.807) is 11.7 Å². The summed E-state index contributed by atoms with van der Waals surface area (Å²) in [5, 5.41) is 9.98. The average Bonchev–Trinajstić information content (AvgIpc) is 1.75. The first-order chi connectivity index (χ1) is 51.4. The quantitative estimate of drug-likeness (QED) is 0.0181. The second-order valence-corrected chi connectivity index (χ2v) is 28.3. The number of rotatable bonds is 24. The highest BCUT2D eigenvalue weighted by Gasteiger charge is 2.51. The summed E-state index contributed by atoms with van der Waals surface area (Å²) in [5.74, 6) is -0.676. The van der Waals surface area contributed by atoms with Gasteiger partial charge in [-0.3, -0.25) is 0 Å². The third-order valence-corrected chi connectivity index (χ3v) is 22.4. The van der Waals surface area contributed by atoms with Gasteiger partial charge in [0.25, 0.3) is 8.53 Å². The number of hydrogen-bond acceptors (Lipinski definition) is 17. The lowest BCUT2D eigenvalue weighted by atomic mass is 9.80. The van der Waals surface area contributed by atoms with Crippen molar-refractivity contribution in [2.45, 2.75) is 93.9 Å². The maximum Gasteiger partial charge on any atom is 0.508 e. The van der Waals surface area contributed by atoms with Gasteiger partial charge in [0, 0.05) is 29.8 Å². The minimum Gasteiger partial charge on any atom is -0.497 e. The predicted octanol–water partition coefficient (Wildman–Crippen LogP) is 17.5. The van der Waals surface area contributed by atoms with Crippen LogP contribution >= 0.6 is 8.53 Å². The number of carbonyl (C=O) groups is 3. The molecule has 2 amide bonds. The number of carbonyl (C=O) groups excluding carboxylic acids is 3. The molecule has 2 aromatic heterocycles. The highest BCUT2D eigenvalue weighted by molar-refractivity contribution is 7.44. The van der Waals surface area contributed by atoms with E-state index in [0.717, 1.165) is 88.4 Å². The molecule has 9 aromatic carbocycles. The van der Waals surface area contributed by atoms with E-state index in [9.17, 15) is 5.26 Å². The molecule has 0 radical (unpaired) electrons. The molecule has 20 heteroatoms. The van der Waals surface area contributed by atoms with Crippen LogP contribution in [-0.2, 0) is 43.1 Å². The van der Waals surface area contributed by atoms with Crippen molar-refractivity contribution in [2.75, 3.05) is 51.7 Å². The zero-order valence-corrected chi connectivity index (χ0v) is 59.6. The van der Waals surface area contributed by atoms with Gasteiger partial charge in [-0.05, 0) is 123 Å². The molecule has 0 saturated carbocycles. The number of imide groups is 1. The van der Waals surface area contributed by atoms with Crippen LogP contribution in [0.2, 0.25) is 0 Å². The van der Waals surface area contributed by atoms with Crippen molar-refractivity contribution in [1.82, 2.24) is 24.2 Å². The minimum absolute atomic E-state index is 0.00647. The van der Waals surface area contributed by atoms with Crippen molar-refractivity contribution in [1.29, 1.82) is 5.26 Å². The Morgan fingerprint density at radius 2 is 0.990 bits per heavy atom. The van der Waals surface area contributed by atoms with Crippen LogP contribution in [0.3, 0.4) is 0 Å². The summed E-state index contributed by atoms with van der Waals surface area (Å²) >= 11 is 0. The van der Waals surface area contributed by atoms with E-state index in [1.165, 1.54) is 12.7 Å². The van der Waals surface area contributed by atoms with E-state index >= 15 is 14.4 Å². The van der Waals surface area contributed by atoms with Crippen LogP contribution in [0.1, 0.15) is 108 Å². The molecule has 105 heavy (non-hydrogen) atoms. The number of aromatic nitrogens is 4. The van der Waals surface area contributed by atoms with Gasteiger partial charge in [-0.25, -0.2) is 34.0 Å². The lowest BCUT2D eigenvalue weighted by Gasteiger charge is -2.46. The Kier molecular flexibility index (Phi) is 20.5. The fourth-order valence-electron chi connectivity index (χ4n) is 15.6. The predicted molar refractivity (Wildman–Crippen MR) is 398 cm³/mol. The fourth-order valence-corrected chi connectivity index (χ4v) is 17.3. The average molecular weight is 1420 g/mol. The summed E-state index contributed by atoms with van der Waals surface area (Å²) in [7, 11) is -0.516. The molecule has 1 saturated heterocycles. The number of nitriles is 1. The van der Waals surface area contributed by atoms with Crippen molar-refractivity contribution in [3.8, 4) is 45.2 Å². The van der Waals surface area contributed by atoms with Gasteiger partial charge in [0.2, 0.25) is 0 Å². The first kappa shape index (κ1) is 69.8. The Morgan fingerprint density at radius 3 is 1.44 bits per heavy atom. The van der Waals surface area contributed by atoms with Crippen molar-refractivity contribution in [3.05, 3.63) is 293 Å². The van der Waals surface area contributed by atoms with E-state index in [1.807, 2.05) is 246 Å². The Balaban J connectivity index is 0.838. The van der Waals surface area contributed by atoms with E-state index in [0.29, 0.717) is 5.75 Å². The largest absolute Gasteiger partial charge is 0.508 e. The third-order valence-electron chi connectivity index (χ3n) is 20.3. The lowest BCUT2D eigenvalue weighted by Crippen LogP contribution is -2.56. The van der Waals surface area contributed by atoms with Crippen molar-refractivity contribution < 1.29 is 56.6 Å². The molecule has 15 rings (SSSR count). The van der Waals surface area contributed by atoms with Crippen molar-refractivity contribution in [3.63, 3.8) is 0 Å². The van der Waals surface area contributed by atoms with Gasteiger partial charge < -0.3 is 46.8 Å². The smallest absolute Gasteiger partial charge is 0.497 e. The summed E-state index contributed by atoms with van der Waals surface area (Å²) in [4.78, 5) is 61.4. The molecule has 0 N–H and O–H groups in total. The summed E-state index contributed by atoms with van der Waals surface area (Å²) in [6.07, 6.45) is -4.12. The summed E-state index contributed by atoms with van der Waals surface area (Å²) in [6, 6.07) is 76.4. The van der Waals surface area contributed by atoms with Crippen LogP contribution in [-0.4, -0.2) is 120 Å². The molecule has 1 aliphatic heterocycles. The second kappa shape index (κ2) is 30.8. The maximum absolute atomic E-state index is 15.4. The molecule has 4 aliphatic rings. The van der Waals surface area contributed by atoms with Crippen LogP contribution in [0.4, 0.5) is 20.2 Å². The zero-order chi connectivity index (χ0) is 72.1. The lowest BCUT2D eigenvalue weighted by molar-refractivity contribution is -0.183. The van der Waals surface area contributed by atoms with Crippen molar-refractivity contribution >= 4 is 43.8 Å². The monoisotopic (exact) mass is 1420 g/mol. The number of fused-ring (bicyclic) bond motifs is 10. The zero-order valence-electron chi connectivity index (χ0n) is 58.7. The number of nitrogens with zero attached hydrogens (tertiary/aromatic N) is 7. The van der Waals surface area contributed by atoms with Crippen LogP contribution in [0.25, 0.3) is 44.5 Å². The second-order valence-electron chi connectivity index (χ2n) is 26.8. The fraction of sp³-hybridized carbons (Fsp3) is 0.259.